The normalized spacial score (nSPS) is 13.7. The van der Waals surface area contributed by atoms with E-state index in [2.05, 4.69) is 5.10 Å². The van der Waals surface area contributed by atoms with Crippen LogP contribution in [0.1, 0.15) is 5.56 Å². The number of methoxy groups -OCH3 is 1. The molecular formula is C23H18ClF3N2O3. The highest BCUT2D eigenvalue weighted by atomic mass is 35.5. The lowest BCUT2D eigenvalue weighted by Gasteiger charge is -2.31. The highest BCUT2D eigenvalue weighted by Gasteiger charge is 2.56. The number of aromatic nitrogens is 2. The SMILES string of the molecule is COc1ccc(Cl)cc1OCC(O)(c1ccc2c(cnn2-c2ccccc2)c1)C(F)(F)F. The average molecular weight is 463 g/mol. The monoisotopic (exact) mass is 462 g/mol. The molecule has 166 valence electrons. The number of fused-ring (bicyclic) bond motifs is 1. The first-order valence-electron chi connectivity index (χ1n) is 9.52. The van der Waals surface area contributed by atoms with Gasteiger partial charge in [0, 0.05) is 16.5 Å². The third kappa shape index (κ3) is 3.99. The van der Waals surface area contributed by atoms with Gasteiger partial charge in [-0.05, 0) is 42.0 Å². The molecule has 4 aromatic rings. The van der Waals surface area contributed by atoms with E-state index < -0.39 is 18.4 Å². The number of aliphatic hydroxyl groups is 1. The van der Waals surface area contributed by atoms with Crippen molar-refractivity contribution >= 4 is 22.5 Å². The van der Waals surface area contributed by atoms with Gasteiger partial charge in [0.2, 0.25) is 5.60 Å². The molecule has 1 heterocycles. The summed E-state index contributed by atoms with van der Waals surface area (Å²) in [6, 6.07) is 17.5. The fourth-order valence-corrected chi connectivity index (χ4v) is 3.50. The third-order valence-electron chi connectivity index (χ3n) is 5.08. The summed E-state index contributed by atoms with van der Waals surface area (Å²) in [7, 11) is 1.35. The van der Waals surface area contributed by atoms with Crippen LogP contribution in [-0.4, -0.2) is 34.8 Å². The number of rotatable bonds is 6. The molecule has 0 saturated carbocycles. The Hall–Kier alpha value is -3.23. The van der Waals surface area contributed by atoms with Crippen LogP contribution in [0.5, 0.6) is 11.5 Å². The van der Waals surface area contributed by atoms with Crippen molar-refractivity contribution < 1.29 is 27.8 Å². The number of halogens is 4. The van der Waals surface area contributed by atoms with Gasteiger partial charge in [0.05, 0.1) is 24.5 Å². The molecule has 1 unspecified atom stereocenters. The molecule has 5 nitrogen and oxygen atoms in total. The van der Waals surface area contributed by atoms with Crippen LogP contribution in [0.3, 0.4) is 0 Å². The molecule has 32 heavy (non-hydrogen) atoms. The second-order valence-corrected chi connectivity index (χ2v) is 7.54. The third-order valence-corrected chi connectivity index (χ3v) is 5.31. The Bertz CT molecular complexity index is 1240. The summed E-state index contributed by atoms with van der Waals surface area (Å²) < 4.78 is 54.1. The van der Waals surface area contributed by atoms with Gasteiger partial charge in [-0.2, -0.15) is 18.3 Å². The van der Waals surface area contributed by atoms with Gasteiger partial charge in [-0.1, -0.05) is 35.9 Å². The zero-order chi connectivity index (χ0) is 22.9. The Labute approximate surface area is 186 Å². The van der Waals surface area contributed by atoms with Crippen LogP contribution in [0.25, 0.3) is 16.6 Å². The maximum absolute atomic E-state index is 14.0. The lowest BCUT2D eigenvalue weighted by atomic mass is 9.93. The molecule has 0 radical (unpaired) electrons. The molecule has 0 saturated heterocycles. The maximum atomic E-state index is 14.0. The zero-order valence-electron chi connectivity index (χ0n) is 16.8. The number of para-hydroxylation sites is 1. The number of benzene rings is 3. The fraction of sp³-hybridized carbons (Fsp3) is 0.174. The van der Waals surface area contributed by atoms with Crippen molar-refractivity contribution in [2.24, 2.45) is 0 Å². The summed E-state index contributed by atoms with van der Waals surface area (Å²) >= 11 is 5.92. The van der Waals surface area contributed by atoms with Crippen LogP contribution >= 0.6 is 11.6 Å². The zero-order valence-corrected chi connectivity index (χ0v) is 17.6. The molecule has 0 fully saturated rings. The highest BCUT2D eigenvalue weighted by Crippen LogP contribution is 2.41. The minimum absolute atomic E-state index is 0.0133. The number of nitrogens with zero attached hydrogens (tertiary/aromatic N) is 2. The lowest BCUT2D eigenvalue weighted by Crippen LogP contribution is -2.47. The standard InChI is InChI=1S/C23H18ClF3N2O3/c1-31-20-10-8-17(24)12-21(20)32-14-22(30,23(25,26)27)16-7-9-19-15(11-16)13-28-29(19)18-5-3-2-4-6-18/h2-13,30H,14H2,1H3. The summed E-state index contributed by atoms with van der Waals surface area (Å²) in [5, 5.41) is 15.7. The minimum Gasteiger partial charge on any atom is -0.493 e. The molecular weight excluding hydrogens is 445 g/mol. The predicted octanol–water partition coefficient (Wildman–Crippen LogP) is 5.52. The number of ether oxygens (including phenoxy) is 2. The molecule has 0 aliphatic heterocycles. The van der Waals surface area contributed by atoms with Crippen molar-refractivity contribution in [3.05, 3.63) is 83.5 Å². The van der Waals surface area contributed by atoms with Gasteiger partial charge in [0.25, 0.3) is 0 Å². The number of hydrogen-bond donors (Lipinski definition) is 1. The molecule has 3 aromatic carbocycles. The van der Waals surface area contributed by atoms with Crippen molar-refractivity contribution in [2.75, 3.05) is 13.7 Å². The van der Waals surface area contributed by atoms with Crippen LogP contribution in [0, 0.1) is 0 Å². The van der Waals surface area contributed by atoms with E-state index in [1.54, 1.807) is 4.68 Å². The van der Waals surface area contributed by atoms with Gasteiger partial charge < -0.3 is 14.6 Å². The van der Waals surface area contributed by atoms with E-state index in [4.69, 9.17) is 21.1 Å². The molecule has 1 atom stereocenters. The molecule has 0 bridgehead atoms. The second-order valence-electron chi connectivity index (χ2n) is 7.11. The number of hydrogen-bond acceptors (Lipinski definition) is 4. The van der Waals surface area contributed by atoms with Crippen LogP contribution in [0.4, 0.5) is 13.2 Å². The Morgan fingerprint density at radius 2 is 1.75 bits per heavy atom. The summed E-state index contributed by atoms with van der Waals surface area (Å²) in [6.45, 7) is -1.09. The topological polar surface area (TPSA) is 56.5 Å². The molecule has 0 aliphatic rings. The smallest absolute Gasteiger partial charge is 0.424 e. The highest BCUT2D eigenvalue weighted by molar-refractivity contribution is 6.30. The van der Waals surface area contributed by atoms with E-state index in [-0.39, 0.29) is 22.1 Å². The second kappa shape index (κ2) is 8.37. The molecule has 1 N–H and O–H groups in total. The van der Waals surface area contributed by atoms with Gasteiger partial charge in [-0.25, -0.2) is 4.68 Å². The van der Waals surface area contributed by atoms with E-state index in [9.17, 15) is 18.3 Å². The summed E-state index contributed by atoms with van der Waals surface area (Å²) in [4.78, 5) is 0. The number of alkyl halides is 3. The predicted molar refractivity (Wildman–Crippen MR) is 115 cm³/mol. The van der Waals surface area contributed by atoms with Gasteiger partial charge in [-0.3, -0.25) is 0 Å². The molecule has 1 aromatic heterocycles. The first-order valence-corrected chi connectivity index (χ1v) is 9.90. The Balaban J connectivity index is 1.71. The first kappa shape index (κ1) is 22.0. The van der Waals surface area contributed by atoms with E-state index in [0.29, 0.717) is 10.9 Å². The van der Waals surface area contributed by atoms with Gasteiger partial charge in [0.15, 0.2) is 11.5 Å². The van der Waals surface area contributed by atoms with Crippen molar-refractivity contribution in [2.45, 2.75) is 11.8 Å². The van der Waals surface area contributed by atoms with Crippen molar-refractivity contribution in [3.8, 4) is 17.2 Å². The first-order chi connectivity index (χ1) is 15.2. The van der Waals surface area contributed by atoms with Crippen LogP contribution in [-0.2, 0) is 5.60 Å². The van der Waals surface area contributed by atoms with Gasteiger partial charge in [0.1, 0.15) is 6.61 Å². The molecule has 0 amide bonds. The largest absolute Gasteiger partial charge is 0.493 e. The Morgan fingerprint density at radius 1 is 1.00 bits per heavy atom. The quantitative estimate of drug-likeness (QED) is 0.410. The lowest BCUT2D eigenvalue weighted by molar-refractivity contribution is -0.275. The van der Waals surface area contributed by atoms with Crippen LogP contribution < -0.4 is 9.47 Å². The van der Waals surface area contributed by atoms with Crippen LogP contribution in [0.2, 0.25) is 5.02 Å². The Kier molecular flexibility index (Phi) is 5.75. The van der Waals surface area contributed by atoms with Gasteiger partial charge >= 0.3 is 6.18 Å². The van der Waals surface area contributed by atoms with E-state index in [0.717, 1.165) is 5.69 Å². The summed E-state index contributed by atoms with van der Waals surface area (Å²) in [6.07, 6.45) is -3.56. The summed E-state index contributed by atoms with van der Waals surface area (Å²) in [5.74, 6) is 0.180. The van der Waals surface area contributed by atoms with Crippen molar-refractivity contribution in [1.29, 1.82) is 0 Å². The molecule has 0 spiro atoms. The Morgan fingerprint density at radius 3 is 2.44 bits per heavy atom. The molecule has 4 rings (SSSR count). The van der Waals surface area contributed by atoms with E-state index in [1.807, 2.05) is 30.3 Å². The summed E-state index contributed by atoms with van der Waals surface area (Å²) in [5.41, 5.74) is -2.28. The van der Waals surface area contributed by atoms with Crippen molar-refractivity contribution in [1.82, 2.24) is 9.78 Å². The average Bonchev–Trinajstić information content (AvgIpc) is 3.20. The van der Waals surface area contributed by atoms with Gasteiger partial charge in [-0.15, -0.1) is 0 Å². The minimum atomic E-state index is -5.01. The maximum Gasteiger partial charge on any atom is 0.424 e. The van der Waals surface area contributed by atoms with Crippen LogP contribution in [0.15, 0.2) is 72.9 Å². The van der Waals surface area contributed by atoms with Crippen molar-refractivity contribution in [3.63, 3.8) is 0 Å². The van der Waals surface area contributed by atoms with E-state index in [1.165, 1.54) is 49.7 Å². The fourth-order valence-electron chi connectivity index (χ4n) is 3.34. The molecule has 9 heteroatoms. The molecule has 0 aliphatic carbocycles. The van der Waals surface area contributed by atoms with E-state index >= 15 is 0 Å².